The lowest BCUT2D eigenvalue weighted by molar-refractivity contribution is 0.604. The summed E-state index contributed by atoms with van der Waals surface area (Å²) in [5.41, 5.74) is 9.39. The van der Waals surface area contributed by atoms with Crippen molar-refractivity contribution in [2.24, 2.45) is 0 Å². The molecular weight excluding hydrogens is 566 g/mol. The van der Waals surface area contributed by atoms with Gasteiger partial charge in [0.15, 0.2) is 11.2 Å². The van der Waals surface area contributed by atoms with Crippen LogP contribution in [0.3, 0.4) is 0 Å². The van der Waals surface area contributed by atoms with Crippen LogP contribution < -0.4 is 0 Å². The van der Waals surface area contributed by atoms with Crippen molar-refractivity contribution in [2.45, 2.75) is 0 Å². The average Bonchev–Trinajstić information content (AvgIpc) is 3.72. The van der Waals surface area contributed by atoms with Crippen LogP contribution in [-0.4, -0.2) is 15.0 Å². The lowest BCUT2D eigenvalue weighted by Crippen LogP contribution is -1.96. The molecule has 0 unspecified atom stereocenters. The molecule has 214 valence electrons. The van der Waals surface area contributed by atoms with Crippen LogP contribution in [0, 0.1) is 0 Å². The molecule has 0 atom stereocenters. The third kappa shape index (κ3) is 3.72. The van der Waals surface area contributed by atoms with E-state index in [0.717, 1.165) is 82.5 Å². The number of hydrogen-bond acceptors (Lipinski definition) is 5. The topological polar surface area (TPSA) is 65.0 Å². The molecule has 5 heteroatoms. The zero-order valence-corrected chi connectivity index (χ0v) is 24.4. The van der Waals surface area contributed by atoms with Gasteiger partial charge in [0.05, 0.1) is 22.4 Å². The minimum Gasteiger partial charge on any atom is -0.452 e. The van der Waals surface area contributed by atoms with Crippen molar-refractivity contribution in [3.8, 4) is 34.0 Å². The normalized spacial score (nSPS) is 11.9. The second kappa shape index (κ2) is 9.58. The summed E-state index contributed by atoms with van der Waals surface area (Å²) in [6.07, 6.45) is 0. The predicted octanol–water partition coefficient (Wildman–Crippen LogP) is 11.0. The van der Waals surface area contributed by atoms with Crippen LogP contribution in [0.15, 0.2) is 148 Å². The summed E-state index contributed by atoms with van der Waals surface area (Å²) >= 11 is 0. The molecule has 0 bridgehead atoms. The summed E-state index contributed by atoms with van der Waals surface area (Å²) in [6, 6.07) is 47.6. The maximum atomic E-state index is 6.56. The number of nitrogens with zero attached hydrogens (tertiary/aromatic N) is 3. The molecule has 10 aromatic rings. The zero-order chi connectivity index (χ0) is 30.2. The molecule has 0 saturated heterocycles. The average molecular weight is 590 g/mol. The molecule has 0 fully saturated rings. The molecule has 0 saturated carbocycles. The van der Waals surface area contributed by atoms with E-state index >= 15 is 0 Å². The second-order valence-electron chi connectivity index (χ2n) is 11.6. The highest BCUT2D eigenvalue weighted by atomic mass is 16.4. The van der Waals surface area contributed by atoms with Gasteiger partial charge in [0.2, 0.25) is 5.89 Å². The Labute approximate surface area is 262 Å². The van der Waals surface area contributed by atoms with Crippen LogP contribution in [-0.2, 0) is 0 Å². The number of fused-ring (bicyclic) bond motifs is 9. The first kappa shape index (κ1) is 25.0. The number of aromatic nitrogens is 3. The monoisotopic (exact) mass is 589 g/mol. The van der Waals surface area contributed by atoms with Gasteiger partial charge >= 0.3 is 0 Å². The van der Waals surface area contributed by atoms with Gasteiger partial charge in [-0.15, -0.1) is 0 Å². The van der Waals surface area contributed by atoms with Gasteiger partial charge in [-0.1, -0.05) is 84.9 Å². The van der Waals surface area contributed by atoms with Crippen molar-refractivity contribution in [1.29, 1.82) is 0 Å². The van der Waals surface area contributed by atoms with Crippen LogP contribution in [0.4, 0.5) is 0 Å². The van der Waals surface area contributed by atoms with Crippen molar-refractivity contribution in [1.82, 2.24) is 15.0 Å². The van der Waals surface area contributed by atoms with Gasteiger partial charge in [0.1, 0.15) is 11.1 Å². The summed E-state index contributed by atoms with van der Waals surface area (Å²) in [4.78, 5) is 15.2. The molecule has 46 heavy (non-hydrogen) atoms. The number of oxazole rings is 1. The van der Waals surface area contributed by atoms with Crippen molar-refractivity contribution in [3.63, 3.8) is 0 Å². The quantitative estimate of drug-likeness (QED) is 0.192. The van der Waals surface area contributed by atoms with Crippen molar-refractivity contribution in [3.05, 3.63) is 140 Å². The van der Waals surface area contributed by atoms with E-state index in [2.05, 4.69) is 60.7 Å². The molecular formula is C41H23N3O2. The van der Waals surface area contributed by atoms with Gasteiger partial charge in [0, 0.05) is 27.5 Å². The Kier molecular flexibility index (Phi) is 5.22. The molecule has 0 amide bonds. The molecule has 0 radical (unpaired) electrons. The van der Waals surface area contributed by atoms with Crippen LogP contribution >= 0.6 is 0 Å². The highest BCUT2D eigenvalue weighted by Gasteiger charge is 2.20. The molecule has 0 aliphatic heterocycles. The number of furan rings is 1. The first-order chi connectivity index (χ1) is 22.8. The number of para-hydroxylation sites is 2. The van der Waals surface area contributed by atoms with Gasteiger partial charge in [-0.2, -0.15) is 0 Å². The Hall–Kier alpha value is -6.33. The van der Waals surface area contributed by atoms with Crippen molar-refractivity contribution < 1.29 is 8.83 Å². The zero-order valence-electron chi connectivity index (χ0n) is 24.4. The van der Waals surface area contributed by atoms with E-state index in [-0.39, 0.29) is 0 Å². The van der Waals surface area contributed by atoms with Gasteiger partial charge in [0.25, 0.3) is 0 Å². The molecule has 3 heterocycles. The fourth-order valence-electron chi connectivity index (χ4n) is 6.71. The number of rotatable bonds is 3. The Morgan fingerprint density at radius 3 is 1.85 bits per heavy atom. The van der Waals surface area contributed by atoms with Crippen LogP contribution in [0.25, 0.3) is 99.6 Å². The molecule has 5 nitrogen and oxygen atoms in total. The molecule has 10 rings (SSSR count). The third-order valence-corrected chi connectivity index (χ3v) is 8.87. The largest absolute Gasteiger partial charge is 0.452 e. The standard InChI is InChI=1S/C41H23N3O2/c1-3-11-24(12-4-1)37-38(43-34-18-10-9-17-33(34)42-37)32-22-26-21-31-29-19-20-35-40(46-41(44-35)25-13-5-2-6-14-25)39(29)45-36(31)23-30(26)27-15-7-8-16-28(27)32/h1-23H. The summed E-state index contributed by atoms with van der Waals surface area (Å²) in [7, 11) is 0. The van der Waals surface area contributed by atoms with E-state index in [0.29, 0.717) is 17.1 Å². The first-order valence-electron chi connectivity index (χ1n) is 15.3. The Morgan fingerprint density at radius 2 is 1.07 bits per heavy atom. The lowest BCUT2D eigenvalue weighted by Gasteiger charge is -2.14. The maximum Gasteiger partial charge on any atom is 0.227 e. The van der Waals surface area contributed by atoms with E-state index < -0.39 is 0 Å². The third-order valence-electron chi connectivity index (χ3n) is 8.87. The highest BCUT2D eigenvalue weighted by molar-refractivity contribution is 6.21. The van der Waals surface area contributed by atoms with Gasteiger partial charge < -0.3 is 8.83 Å². The summed E-state index contributed by atoms with van der Waals surface area (Å²) in [6.45, 7) is 0. The van der Waals surface area contributed by atoms with Crippen LogP contribution in [0.5, 0.6) is 0 Å². The first-order valence-corrected chi connectivity index (χ1v) is 15.3. The maximum absolute atomic E-state index is 6.56. The summed E-state index contributed by atoms with van der Waals surface area (Å²) in [5, 5.41) is 6.46. The minimum atomic E-state index is 0.579. The molecule has 0 N–H and O–H groups in total. The molecule has 3 aromatic heterocycles. The van der Waals surface area contributed by atoms with Crippen LogP contribution in [0.1, 0.15) is 0 Å². The second-order valence-corrected chi connectivity index (χ2v) is 11.6. The summed E-state index contributed by atoms with van der Waals surface area (Å²) in [5.74, 6) is 0.579. The Bertz CT molecular complexity index is 2800. The Morgan fingerprint density at radius 1 is 0.391 bits per heavy atom. The molecule has 7 aromatic carbocycles. The smallest absolute Gasteiger partial charge is 0.227 e. The van der Waals surface area contributed by atoms with Crippen molar-refractivity contribution in [2.75, 3.05) is 0 Å². The number of hydrogen-bond donors (Lipinski definition) is 0. The molecule has 0 spiro atoms. The fraction of sp³-hybridized carbons (Fsp3) is 0. The van der Waals surface area contributed by atoms with Crippen molar-refractivity contribution >= 4 is 65.6 Å². The number of benzene rings is 7. The van der Waals surface area contributed by atoms with E-state index in [4.69, 9.17) is 23.8 Å². The Balaban J connectivity index is 1.26. The van der Waals surface area contributed by atoms with Gasteiger partial charge in [-0.25, -0.2) is 15.0 Å². The van der Waals surface area contributed by atoms with E-state index in [9.17, 15) is 0 Å². The fourth-order valence-corrected chi connectivity index (χ4v) is 6.71. The molecule has 0 aliphatic carbocycles. The van der Waals surface area contributed by atoms with Gasteiger partial charge in [-0.05, 0) is 76.1 Å². The highest BCUT2D eigenvalue weighted by Crippen LogP contribution is 2.42. The van der Waals surface area contributed by atoms with Gasteiger partial charge in [-0.3, -0.25) is 0 Å². The van der Waals surface area contributed by atoms with Crippen LogP contribution in [0.2, 0.25) is 0 Å². The van der Waals surface area contributed by atoms with E-state index in [1.807, 2.05) is 78.9 Å². The summed E-state index contributed by atoms with van der Waals surface area (Å²) < 4.78 is 12.9. The minimum absolute atomic E-state index is 0.579. The van der Waals surface area contributed by atoms with E-state index in [1.165, 1.54) is 0 Å². The molecule has 0 aliphatic rings. The van der Waals surface area contributed by atoms with E-state index in [1.54, 1.807) is 0 Å². The SMILES string of the molecule is c1ccc(-c2nc3ccc4c5cc6cc(-c7nc8ccccc8nc7-c7ccccc7)c7ccccc7c6cc5oc4c3o2)cc1. The lowest BCUT2D eigenvalue weighted by atomic mass is 9.92. The predicted molar refractivity (Wildman–Crippen MR) is 186 cm³/mol.